The average molecular weight is 130 g/mol. The minimum absolute atomic E-state index is 0.182. The maximum absolute atomic E-state index is 10.2. The highest BCUT2D eigenvalue weighted by Gasteiger charge is 1.74. The van der Waals surface area contributed by atoms with Crippen LogP contribution in [-0.4, -0.2) is 5.78 Å². The van der Waals surface area contributed by atoms with Crippen molar-refractivity contribution < 1.29 is 4.79 Å². The molecule has 1 nitrogen and oxygen atoms in total. The Morgan fingerprint density at radius 1 is 1.10 bits per heavy atom. The molecule has 0 aliphatic heterocycles. The fraction of sp³-hybridized carbons (Fsp3) is 0.222. The van der Waals surface area contributed by atoms with Gasteiger partial charge in [0.15, 0.2) is 0 Å². The molecular formula is C9H6O. The van der Waals surface area contributed by atoms with E-state index in [9.17, 15) is 4.79 Å². The molecule has 0 heterocycles. The first-order chi connectivity index (χ1) is 4.77. The summed E-state index contributed by atoms with van der Waals surface area (Å²) < 4.78 is 0. The molecule has 0 saturated carbocycles. The van der Waals surface area contributed by atoms with Gasteiger partial charge < -0.3 is 0 Å². The molecule has 0 unspecified atom stereocenters. The second-order valence-electron chi connectivity index (χ2n) is 1.43. The number of hydrogen-bond acceptors (Lipinski definition) is 1. The molecule has 1 heteroatoms. The molecule has 0 atom stereocenters. The van der Waals surface area contributed by atoms with Crippen LogP contribution in [0.2, 0.25) is 0 Å². The topological polar surface area (TPSA) is 17.1 Å². The van der Waals surface area contributed by atoms with Crippen molar-refractivity contribution in [3.8, 4) is 35.5 Å². The van der Waals surface area contributed by atoms with Crippen molar-refractivity contribution in [3.63, 3.8) is 0 Å². The van der Waals surface area contributed by atoms with Gasteiger partial charge in [0.2, 0.25) is 5.78 Å². The molecule has 0 aromatic heterocycles. The molecule has 10 heavy (non-hydrogen) atoms. The molecule has 0 bridgehead atoms. The number of hydrogen-bond donors (Lipinski definition) is 0. The number of Topliss-reactive ketones (excluding diaryl/α,β-unsaturated/α-hetero) is 1. The molecule has 0 amide bonds. The van der Waals surface area contributed by atoms with Gasteiger partial charge in [0, 0.05) is 6.92 Å². The van der Waals surface area contributed by atoms with Crippen LogP contribution in [0.5, 0.6) is 0 Å². The normalized spacial score (nSPS) is 5.00. The van der Waals surface area contributed by atoms with Crippen LogP contribution in [0.25, 0.3) is 0 Å². The van der Waals surface area contributed by atoms with Crippen LogP contribution in [0.3, 0.4) is 0 Å². The highest BCUT2D eigenvalue weighted by molar-refractivity contribution is 5.93. The zero-order valence-corrected chi connectivity index (χ0v) is 5.91. The Morgan fingerprint density at radius 3 is 2.20 bits per heavy atom. The molecule has 0 radical (unpaired) electrons. The molecule has 0 aliphatic carbocycles. The third-order valence-corrected chi connectivity index (χ3v) is 0.551. The predicted molar refractivity (Wildman–Crippen MR) is 39.7 cm³/mol. The van der Waals surface area contributed by atoms with Crippen molar-refractivity contribution in [1.29, 1.82) is 0 Å². The van der Waals surface area contributed by atoms with E-state index in [1.807, 2.05) is 0 Å². The lowest BCUT2D eigenvalue weighted by molar-refractivity contribution is -0.111. The summed E-state index contributed by atoms with van der Waals surface area (Å²) in [5.74, 6) is 14.4. The molecule has 0 aromatic carbocycles. The van der Waals surface area contributed by atoms with Crippen LogP contribution >= 0.6 is 0 Å². The monoisotopic (exact) mass is 130 g/mol. The lowest BCUT2D eigenvalue weighted by Gasteiger charge is -1.62. The standard InChI is InChI=1S/C9H6O/c1-3-4-5-6-7-8-9(2)10/h1-2H3. The van der Waals surface area contributed by atoms with Gasteiger partial charge in [-0.25, -0.2) is 0 Å². The largest absolute Gasteiger partial charge is 0.285 e. The van der Waals surface area contributed by atoms with Crippen molar-refractivity contribution in [3.05, 3.63) is 0 Å². The van der Waals surface area contributed by atoms with E-state index in [0.29, 0.717) is 0 Å². The lowest BCUT2D eigenvalue weighted by atomic mass is 10.4. The van der Waals surface area contributed by atoms with E-state index in [2.05, 4.69) is 35.5 Å². The van der Waals surface area contributed by atoms with Crippen molar-refractivity contribution >= 4 is 5.78 Å². The Kier molecular flexibility index (Phi) is 4.58. The summed E-state index contributed by atoms with van der Waals surface area (Å²) in [4.78, 5) is 10.2. The Morgan fingerprint density at radius 2 is 1.70 bits per heavy atom. The molecule has 0 saturated heterocycles. The number of carbonyl (C=O) groups excluding carboxylic acids is 1. The van der Waals surface area contributed by atoms with E-state index >= 15 is 0 Å². The van der Waals surface area contributed by atoms with Gasteiger partial charge in [0.25, 0.3) is 0 Å². The zero-order chi connectivity index (χ0) is 7.82. The first-order valence-corrected chi connectivity index (χ1v) is 2.70. The minimum Gasteiger partial charge on any atom is -0.285 e. The van der Waals surface area contributed by atoms with Gasteiger partial charge in [-0.1, -0.05) is 5.92 Å². The smallest absolute Gasteiger partial charge is 0.203 e. The fourth-order valence-corrected chi connectivity index (χ4v) is 0.244. The van der Waals surface area contributed by atoms with Crippen LogP contribution in [0.1, 0.15) is 13.8 Å². The zero-order valence-electron chi connectivity index (χ0n) is 5.91. The molecule has 0 aromatic rings. The highest BCUT2D eigenvalue weighted by atomic mass is 16.1. The summed E-state index contributed by atoms with van der Waals surface area (Å²) >= 11 is 0. The third kappa shape index (κ3) is 6.35. The molecular weight excluding hydrogens is 124 g/mol. The van der Waals surface area contributed by atoms with Gasteiger partial charge in [-0.05, 0) is 36.5 Å². The molecule has 0 spiro atoms. The molecule has 0 rings (SSSR count). The van der Waals surface area contributed by atoms with Gasteiger partial charge in [0.05, 0.1) is 0 Å². The van der Waals surface area contributed by atoms with Crippen LogP contribution in [0, 0.1) is 35.5 Å². The van der Waals surface area contributed by atoms with Crippen molar-refractivity contribution in [2.75, 3.05) is 0 Å². The number of ketones is 1. The first kappa shape index (κ1) is 8.35. The minimum atomic E-state index is -0.182. The molecule has 0 fully saturated rings. The van der Waals surface area contributed by atoms with E-state index < -0.39 is 0 Å². The second-order valence-corrected chi connectivity index (χ2v) is 1.43. The third-order valence-electron chi connectivity index (χ3n) is 0.551. The number of rotatable bonds is 0. The SMILES string of the molecule is CC#CC#CC#CC(C)=O. The van der Waals surface area contributed by atoms with Gasteiger partial charge in [0.1, 0.15) is 0 Å². The van der Waals surface area contributed by atoms with E-state index in [4.69, 9.17) is 0 Å². The Hall–Kier alpha value is -1.65. The van der Waals surface area contributed by atoms with Gasteiger partial charge in [-0.2, -0.15) is 0 Å². The van der Waals surface area contributed by atoms with Crippen LogP contribution in [0.4, 0.5) is 0 Å². The summed E-state index contributed by atoms with van der Waals surface area (Å²) in [6, 6.07) is 0. The Labute approximate surface area is 60.8 Å². The van der Waals surface area contributed by atoms with E-state index in [-0.39, 0.29) is 5.78 Å². The van der Waals surface area contributed by atoms with Crippen molar-refractivity contribution in [1.82, 2.24) is 0 Å². The summed E-state index contributed by atoms with van der Waals surface area (Å²) in [6.45, 7) is 3.08. The van der Waals surface area contributed by atoms with E-state index in [1.54, 1.807) is 6.92 Å². The highest BCUT2D eigenvalue weighted by Crippen LogP contribution is 1.59. The summed E-state index contributed by atoms with van der Waals surface area (Å²) in [5, 5.41) is 0. The van der Waals surface area contributed by atoms with Crippen LogP contribution in [-0.2, 0) is 4.79 Å². The summed E-state index contributed by atoms with van der Waals surface area (Å²) in [5.41, 5.74) is 0. The van der Waals surface area contributed by atoms with Gasteiger partial charge in [-0.3, -0.25) is 4.79 Å². The van der Waals surface area contributed by atoms with Crippen LogP contribution < -0.4 is 0 Å². The van der Waals surface area contributed by atoms with Gasteiger partial charge in [-0.15, -0.1) is 0 Å². The molecule has 0 N–H and O–H groups in total. The van der Waals surface area contributed by atoms with E-state index in [0.717, 1.165) is 0 Å². The lowest BCUT2D eigenvalue weighted by Crippen LogP contribution is -1.78. The van der Waals surface area contributed by atoms with Crippen LogP contribution in [0.15, 0.2) is 0 Å². The summed E-state index contributed by atoms with van der Waals surface area (Å²) in [7, 11) is 0. The number of carbonyl (C=O) groups is 1. The fourth-order valence-electron chi connectivity index (χ4n) is 0.244. The molecule has 48 valence electrons. The Balaban J connectivity index is 3.98. The van der Waals surface area contributed by atoms with Gasteiger partial charge >= 0.3 is 0 Å². The predicted octanol–water partition coefficient (Wildman–Crippen LogP) is 0.606. The Bertz CT molecular complexity index is 291. The quantitative estimate of drug-likeness (QED) is 0.347. The average Bonchev–Trinajstić information content (AvgIpc) is 1.87. The summed E-state index contributed by atoms with van der Waals surface area (Å²) in [6.07, 6.45) is 0. The van der Waals surface area contributed by atoms with Crippen molar-refractivity contribution in [2.45, 2.75) is 13.8 Å². The first-order valence-electron chi connectivity index (χ1n) is 2.70. The molecule has 0 aliphatic rings. The van der Waals surface area contributed by atoms with E-state index in [1.165, 1.54) is 6.92 Å². The maximum atomic E-state index is 10.2. The van der Waals surface area contributed by atoms with Crippen molar-refractivity contribution in [2.24, 2.45) is 0 Å². The maximum Gasteiger partial charge on any atom is 0.203 e. The second kappa shape index (κ2) is 5.49.